The molecule has 2 heterocycles. The molecule has 0 bridgehead atoms. The zero-order valence-corrected chi connectivity index (χ0v) is 7.69. The van der Waals surface area contributed by atoms with E-state index in [0.717, 1.165) is 0 Å². The lowest BCUT2D eigenvalue weighted by atomic mass is 10.2. The summed E-state index contributed by atoms with van der Waals surface area (Å²) in [6.45, 7) is 2.13. The number of nitrogens with zero attached hydrogens (tertiary/aromatic N) is 1. The van der Waals surface area contributed by atoms with E-state index in [1.807, 2.05) is 0 Å². The third kappa shape index (κ3) is 1.35. The molecule has 2 aromatic rings. The van der Waals surface area contributed by atoms with E-state index in [4.69, 9.17) is 9.15 Å². The van der Waals surface area contributed by atoms with Crippen molar-refractivity contribution in [3.8, 4) is 0 Å². The maximum atomic E-state index is 11.5. The van der Waals surface area contributed by atoms with Gasteiger partial charge in [0, 0.05) is 6.20 Å². The smallest absolute Gasteiger partial charge is 0.338 e. The first kappa shape index (κ1) is 8.74. The first-order chi connectivity index (χ1) is 6.83. The minimum atomic E-state index is -0.346. The number of fused-ring (bicyclic) bond motifs is 1. The maximum absolute atomic E-state index is 11.5. The minimum Gasteiger partial charge on any atom is -0.462 e. The summed E-state index contributed by atoms with van der Waals surface area (Å²) in [7, 11) is 0. The fourth-order valence-electron chi connectivity index (χ4n) is 1.26. The lowest BCUT2D eigenvalue weighted by Gasteiger charge is -2.01. The van der Waals surface area contributed by atoms with Crippen LogP contribution in [0.5, 0.6) is 0 Å². The number of carbonyl (C=O) groups excluding carboxylic acids is 1. The molecule has 0 spiro atoms. The standard InChI is InChI=1S/C10H9NO3/c1-2-13-10(12)8-3-5-11-9-7(8)4-6-14-9/h3-6H,2H2,1H3. The largest absolute Gasteiger partial charge is 0.462 e. The van der Waals surface area contributed by atoms with Gasteiger partial charge in [0.05, 0.1) is 23.8 Å². The normalized spacial score (nSPS) is 10.4. The number of carbonyl (C=O) groups is 1. The third-order valence-corrected chi connectivity index (χ3v) is 1.86. The number of hydrogen-bond donors (Lipinski definition) is 0. The van der Waals surface area contributed by atoms with E-state index in [9.17, 15) is 4.79 Å². The second kappa shape index (κ2) is 3.49. The molecule has 0 saturated carbocycles. The quantitative estimate of drug-likeness (QED) is 0.681. The van der Waals surface area contributed by atoms with Crippen molar-refractivity contribution in [3.05, 3.63) is 30.2 Å². The number of rotatable bonds is 2. The molecule has 0 atom stereocenters. The summed E-state index contributed by atoms with van der Waals surface area (Å²) in [5.41, 5.74) is 0.946. The van der Waals surface area contributed by atoms with Gasteiger partial charge in [-0.3, -0.25) is 0 Å². The molecule has 0 aromatic carbocycles. The lowest BCUT2D eigenvalue weighted by molar-refractivity contribution is 0.0528. The van der Waals surface area contributed by atoms with Crippen LogP contribution in [0.3, 0.4) is 0 Å². The van der Waals surface area contributed by atoms with E-state index in [1.165, 1.54) is 12.5 Å². The van der Waals surface area contributed by atoms with Gasteiger partial charge in [-0.15, -0.1) is 0 Å². The van der Waals surface area contributed by atoms with Crippen LogP contribution in [-0.4, -0.2) is 17.6 Å². The zero-order valence-electron chi connectivity index (χ0n) is 7.69. The van der Waals surface area contributed by atoms with Crippen LogP contribution in [0.15, 0.2) is 29.0 Å². The van der Waals surface area contributed by atoms with Crippen molar-refractivity contribution in [1.82, 2.24) is 4.98 Å². The predicted octanol–water partition coefficient (Wildman–Crippen LogP) is 2.00. The molecule has 0 aliphatic carbocycles. The Labute approximate surface area is 80.5 Å². The topological polar surface area (TPSA) is 52.3 Å². The fraction of sp³-hybridized carbons (Fsp3) is 0.200. The number of aromatic nitrogens is 1. The van der Waals surface area contributed by atoms with Crippen molar-refractivity contribution in [2.45, 2.75) is 6.92 Å². The van der Waals surface area contributed by atoms with E-state index in [1.54, 1.807) is 19.1 Å². The Morgan fingerprint density at radius 3 is 3.21 bits per heavy atom. The Morgan fingerprint density at radius 1 is 1.57 bits per heavy atom. The molecule has 0 N–H and O–H groups in total. The SMILES string of the molecule is CCOC(=O)c1ccnc2occc12. The van der Waals surface area contributed by atoms with Gasteiger partial charge in [0.15, 0.2) is 0 Å². The van der Waals surface area contributed by atoms with Crippen molar-refractivity contribution in [3.63, 3.8) is 0 Å². The molecule has 0 aliphatic rings. The van der Waals surface area contributed by atoms with E-state index >= 15 is 0 Å². The molecular weight excluding hydrogens is 182 g/mol. The van der Waals surface area contributed by atoms with Crippen molar-refractivity contribution in [2.75, 3.05) is 6.61 Å². The van der Waals surface area contributed by atoms with Gasteiger partial charge in [-0.05, 0) is 19.1 Å². The van der Waals surface area contributed by atoms with Gasteiger partial charge < -0.3 is 9.15 Å². The van der Waals surface area contributed by atoms with E-state index in [0.29, 0.717) is 23.3 Å². The van der Waals surface area contributed by atoms with E-state index in [2.05, 4.69) is 4.98 Å². The van der Waals surface area contributed by atoms with Crippen molar-refractivity contribution in [1.29, 1.82) is 0 Å². The molecule has 0 unspecified atom stereocenters. The molecule has 0 radical (unpaired) electrons. The predicted molar refractivity (Wildman–Crippen MR) is 50.0 cm³/mol. The first-order valence-corrected chi connectivity index (χ1v) is 4.32. The Hall–Kier alpha value is -1.84. The van der Waals surface area contributed by atoms with Gasteiger partial charge in [0.2, 0.25) is 5.71 Å². The lowest BCUT2D eigenvalue weighted by Crippen LogP contribution is -2.04. The summed E-state index contributed by atoms with van der Waals surface area (Å²) in [5.74, 6) is -0.346. The van der Waals surface area contributed by atoms with Crippen LogP contribution in [0, 0.1) is 0 Å². The molecule has 14 heavy (non-hydrogen) atoms. The summed E-state index contributed by atoms with van der Waals surface area (Å²) in [4.78, 5) is 15.4. The summed E-state index contributed by atoms with van der Waals surface area (Å²) < 4.78 is 9.96. The highest BCUT2D eigenvalue weighted by Crippen LogP contribution is 2.17. The zero-order chi connectivity index (χ0) is 9.97. The summed E-state index contributed by atoms with van der Waals surface area (Å²) in [6, 6.07) is 3.32. The van der Waals surface area contributed by atoms with E-state index in [-0.39, 0.29) is 5.97 Å². The van der Waals surface area contributed by atoms with Gasteiger partial charge in [0.25, 0.3) is 0 Å². The molecule has 2 aromatic heterocycles. The fourth-order valence-corrected chi connectivity index (χ4v) is 1.26. The van der Waals surface area contributed by atoms with Crippen LogP contribution in [-0.2, 0) is 4.74 Å². The average Bonchev–Trinajstić information content (AvgIpc) is 2.65. The highest BCUT2D eigenvalue weighted by atomic mass is 16.5. The van der Waals surface area contributed by atoms with Crippen LogP contribution < -0.4 is 0 Å². The average molecular weight is 191 g/mol. The third-order valence-electron chi connectivity index (χ3n) is 1.86. The maximum Gasteiger partial charge on any atom is 0.338 e. The Morgan fingerprint density at radius 2 is 2.43 bits per heavy atom. The Balaban J connectivity index is 2.50. The van der Waals surface area contributed by atoms with Gasteiger partial charge in [-0.25, -0.2) is 9.78 Å². The van der Waals surface area contributed by atoms with Crippen molar-refractivity contribution >= 4 is 17.1 Å². The molecule has 2 rings (SSSR count). The van der Waals surface area contributed by atoms with Crippen LogP contribution in [0.25, 0.3) is 11.1 Å². The molecule has 4 nitrogen and oxygen atoms in total. The van der Waals surface area contributed by atoms with Crippen LogP contribution in [0.1, 0.15) is 17.3 Å². The summed E-state index contributed by atoms with van der Waals surface area (Å²) in [5, 5.41) is 0.686. The Kier molecular flexibility index (Phi) is 2.18. The summed E-state index contributed by atoms with van der Waals surface area (Å²) >= 11 is 0. The van der Waals surface area contributed by atoms with Crippen molar-refractivity contribution in [2.24, 2.45) is 0 Å². The van der Waals surface area contributed by atoms with Crippen LogP contribution in [0.2, 0.25) is 0 Å². The molecule has 72 valence electrons. The van der Waals surface area contributed by atoms with Crippen LogP contribution >= 0.6 is 0 Å². The van der Waals surface area contributed by atoms with Gasteiger partial charge in [0.1, 0.15) is 0 Å². The number of ether oxygens (including phenoxy) is 1. The van der Waals surface area contributed by atoms with Gasteiger partial charge >= 0.3 is 5.97 Å². The molecule has 0 amide bonds. The molecular formula is C10H9NO3. The molecule has 0 fully saturated rings. The highest BCUT2D eigenvalue weighted by Gasteiger charge is 2.12. The second-order valence-corrected chi connectivity index (χ2v) is 2.72. The highest BCUT2D eigenvalue weighted by molar-refractivity contribution is 6.01. The van der Waals surface area contributed by atoms with Gasteiger partial charge in [-0.2, -0.15) is 0 Å². The summed E-state index contributed by atoms with van der Waals surface area (Å²) in [6.07, 6.45) is 3.03. The second-order valence-electron chi connectivity index (χ2n) is 2.72. The first-order valence-electron chi connectivity index (χ1n) is 4.32. The monoisotopic (exact) mass is 191 g/mol. The molecule has 4 heteroatoms. The minimum absolute atomic E-state index is 0.346. The van der Waals surface area contributed by atoms with E-state index < -0.39 is 0 Å². The number of esters is 1. The number of furan rings is 1. The number of pyridine rings is 1. The van der Waals surface area contributed by atoms with Gasteiger partial charge in [-0.1, -0.05) is 0 Å². The van der Waals surface area contributed by atoms with Crippen LogP contribution in [0.4, 0.5) is 0 Å². The Bertz CT molecular complexity index is 461. The molecule has 0 aliphatic heterocycles. The number of hydrogen-bond acceptors (Lipinski definition) is 4. The van der Waals surface area contributed by atoms with Crippen molar-refractivity contribution < 1.29 is 13.9 Å². The molecule has 0 saturated heterocycles.